The van der Waals surface area contributed by atoms with Crippen LogP contribution in [-0.4, -0.2) is 22.2 Å². The topological polar surface area (TPSA) is 85.1 Å². The molecule has 0 atom stereocenters. The minimum atomic E-state index is -0.146. The predicted molar refractivity (Wildman–Crippen MR) is 111 cm³/mol. The van der Waals surface area contributed by atoms with E-state index in [-0.39, 0.29) is 17.7 Å². The smallest absolute Gasteiger partial charge is 0.230 e. The summed E-state index contributed by atoms with van der Waals surface area (Å²) in [5.74, 6) is 2.00. The van der Waals surface area contributed by atoms with Crippen molar-refractivity contribution < 1.29 is 14.0 Å². The summed E-state index contributed by atoms with van der Waals surface area (Å²) >= 11 is 2.98. The van der Waals surface area contributed by atoms with E-state index in [0.29, 0.717) is 22.3 Å². The third-order valence-corrected chi connectivity index (χ3v) is 5.93. The van der Waals surface area contributed by atoms with Gasteiger partial charge in [0.05, 0.1) is 28.8 Å². The van der Waals surface area contributed by atoms with Crippen LogP contribution < -0.4 is 5.32 Å². The van der Waals surface area contributed by atoms with Crippen molar-refractivity contribution >= 4 is 40.4 Å². The van der Waals surface area contributed by atoms with Crippen LogP contribution in [0, 0.1) is 0 Å². The largest absolute Gasteiger partial charge is 0.444 e. The van der Waals surface area contributed by atoms with Gasteiger partial charge in [-0.1, -0.05) is 56.4 Å². The number of aromatic nitrogens is 2. The van der Waals surface area contributed by atoms with Crippen LogP contribution in [0.4, 0.5) is 5.13 Å². The minimum absolute atomic E-state index is 0.0641. The molecule has 0 aliphatic rings. The molecule has 0 unspecified atom stereocenters. The van der Waals surface area contributed by atoms with Gasteiger partial charge in [-0.2, -0.15) is 0 Å². The zero-order valence-electron chi connectivity index (χ0n) is 15.9. The lowest BCUT2D eigenvalue weighted by atomic mass is 9.94. The van der Waals surface area contributed by atoms with Gasteiger partial charge in [0, 0.05) is 11.0 Å². The molecule has 2 aromatic heterocycles. The molecule has 3 aromatic rings. The van der Waals surface area contributed by atoms with E-state index in [1.165, 1.54) is 11.3 Å². The zero-order chi connectivity index (χ0) is 20.1. The number of amides is 1. The molecular weight excluding hydrogens is 394 g/mol. The first-order valence-electron chi connectivity index (χ1n) is 8.71. The SMILES string of the molecule is CC(C)(C)c1cnc(CSc2cnc(NC(=O)Cc3ccc(C=O)cc3)s2)o1. The van der Waals surface area contributed by atoms with Gasteiger partial charge in [0.1, 0.15) is 12.0 Å². The number of nitrogens with zero attached hydrogens (tertiary/aromatic N) is 2. The van der Waals surface area contributed by atoms with Crippen molar-refractivity contribution in [3.8, 4) is 0 Å². The quantitative estimate of drug-likeness (QED) is 0.444. The van der Waals surface area contributed by atoms with Crippen molar-refractivity contribution in [2.24, 2.45) is 0 Å². The van der Waals surface area contributed by atoms with E-state index in [9.17, 15) is 9.59 Å². The van der Waals surface area contributed by atoms with Crippen LogP contribution in [0.15, 0.2) is 45.3 Å². The summed E-state index contributed by atoms with van der Waals surface area (Å²) in [6.07, 6.45) is 4.52. The molecule has 0 saturated carbocycles. The highest BCUT2D eigenvalue weighted by Gasteiger charge is 2.19. The van der Waals surface area contributed by atoms with E-state index in [1.807, 2.05) is 0 Å². The number of thioether (sulfide) groups is 1. The van der Waals surface area contributed by atoms with Crippen molar-refractivity contribution in [3.05, 3.63) is 59.4 Å². The Labute approximate surface area is 171 Å². The van der Waals surface area contributed by atoms with Gasteiger partial charge in [-0.05, 0) is 5.56 Å². The molecular formula is C20H21N3O3S2. The Hall–Kier alpha value is -2.45. The maximum absolute atomic E-state index is 12.2. The normalized spacial score (nSPS) is 11.4. The Morgan fingerprint density at radius 1 is 1.21 bits per heavy atom. The molecule has 0 bridgehead atoms. The Balaban J connectivity index is 1.51. The average Bonchev–Trinajstić information content (AvgIpc) is 3.29. The van der Waals surface area contributed by atoms with Gasteiger partial charge in [-0.3, -0.25) is 9.59 Å². The molecule has 2 heterocycles. The number of hydrogen-bond donors (Lipinski definition) is 1. The lowest BCUT2D eigenvalue weighted by molar-refractivity contribution is -0.115. The van der Waals surface area contributed by atoms with Gasteiger partial charge in [0.2, 0.25) is 11.8 Å². The summed E-state index contributed by atoms with van der Waals surface area (Å²) in [6, 6.07) is 6.94. The molecule has 8 heteroatoms. The van der Waals surface area contributed by atoms with Crippen molar-refractivity contribution in [1.82, 2.24) is 9.97 Å². The lowest BCUT2D eigenvalue weighted by Crippen LogP contribution is -2.14. The summed E-state index contributed by atoms with van der Waals surface area (Å²) in [5.41, 5.74) is 1.37. The first kappa shape index (κ1) is 20.3. The second kappa shape index (κ2) is 8.70. The molecule has 146 valence electrons. The molecule has 0 saturated heterocycles. The van der Waals surface area contributed by atoms with Gasteiger partial charge in [-0.15, -0.1) is 11.8 Å². The number of rotatable bonds is 7. The summed E-state index contributed by atoms with van der Waals surface area (Å²) < 4.78 is 6.76. The molecule has 3 rings (SSSR count). The Morgan fingerprint density at radius 3 is 2.61 bits per heavy atom. The summed E-state index contributed by atoms with van der Waals surface area (Å²) in [4.78, 5) is 31.4. The number of aldehydes is 1. The predicted octanol–water partition coefficient (Wildman–Crippen LogP) is 4.71. The van der Waals surface area contributed by atoms with Crippen molar-refractivity contribution in [3.63, 3.8) is 0 Å². The molecule has 0 radical (unpaired) electrons. The monoisotopic (exact) mass is 415 g/mol. The van der Waals surface area contributed by atoms with Gasteiger partial charge >= 0.3 is 0 Å². The maximum atomic E-state index is 12.2. The van der Waals surface area contributed by atoms with Gasteiger partial charge < -0.3 is 9.73 Å². The van der Waals surface area contributed by atoms with Gasteiger partial charge in [0.15, 0.2) is 5.13 Å². The molecule has 0 aliphatic heterocycles. The fraction of sp³-hybridized carbons (Fsp3) is 0.300. The maximum Gasteiger partial charge on any atom is 0.230 e. The summed E-state index contributed by atoms with van der Waals surface area (Å²) in [5, 5.41) is 3.36. The first-order valence-corrected chi connectivity index (χ1v) is 10.5. The van der Waals surface area contributed by atoms with Crippen LogP contribution >= 0.6 is 23.1 Å². The number of benzene rings is 1. The highest BCUT2D eigenvalue weighted by Crippen LogP contribution is 2.31. The van der Waals surface area contributed by atoms with E-state index in [1.54, 1.807) is 48.4 Å². The van der Waals surface area contributed by atoms with Crippen LogP contribution in [0.25, 0.3) is 0 Å². The van der Waals surface area contributed by atoms with Crippen LogP contribution in [0.3, 0.4) is 0 Å². The Bertz CT molecular complexity index is 956. The van der Waals surface area contributed by atoms with Crippen LogP contribution in [0.1, 0.15) is 48.3 Å². The fourth-order valence-electron chi connectivity index (χ4n) is 2.30. The lowest BCUT2D eigenvalue weighted by Gasteiger charge is -2.12. The van der Waals surface area contributed by atoms with E-state index in [0.717, 1.165) is 21.8 Å². The standard InChI is InChI=1S/C20H21N3O3S2/c1-20(2,3)15-9-21-17(26-15)12-27-18-10-22-19(28-18)23-16(25)8-13-4-6-14(11-24)7-5-13/h4-7,9-11H,8,12H2,1-3H3,(H,22,23,25). The number of nitrogens with one attached hydrogen (secondary N) is 1. The van der Waals surface area contributed by atoms with Gasteiger partial charge in [-0.25, -0.2) is 9.97 Å². The summed E-state index contributed by atoms with van der Waals surface area (Å²) in [6.45, 7) is 6.25. The number of hydrogen-bond acceptors (Lipinski definition) is 7. The molecule has 1 N–H and O–H groups in total. The third kappa shape index (κ3) is 5.53. The number of anilines is 1. The number of carbonyl (C=O) groups excluding carboxylic acids is 2. The van der Waals surface area contributed by atoms with Crippen LogP contribution in [0.5, 0.6) is 0 Å². The van der Waals surface area contributed by atoms with E-state index in [4.69, 9.17) is 4.42 Å². The molecule has 1 amide bonds. The Kier molecular flexibility index (Phi) is 6.31. The highest BCUT2D eigenvalue weighted by molar-refractivity contribution is 8.00. The first-order chi connectivity index (χ1) is 13.3. The fourth-order valence-corrected chi connectivity index (χ4v) is 4.05. The molecule has 0 fully saturated rings. The number of carbonyl (C=O) groups is 2. The van der Waals surface area contributed by atoms with Crippen LogP contribution in [0.2, 0.25) is 0 Å². The summed E-state index contributed by atoms with van der Waals surface area (Å²) in [7, 11) is 0. The minimum Gasteiger partial charge on any atom is -0.444 e. The number of oxazole rings is 1. The van der Waals surface area contributed by atoms with Crippen molar-refractivity contribution in [2.75, 3.05) is 5.32 Å². The van der Waals surface area contributed by atoms with E-state index >= 15 is 0 Å². The molecule has 1 aromatic carbocycles. The highest BCUT2D eigenvalue weighted by atomic mass is 32.2. The molecule has 0 spiro atoms. The van der Waals surface area contributed by atoms with E-state index in [2.05, 4.69) is 36.1 Å². The molecule has 6 nitrogen and oxygen atoms in total. The molecule has 28 heavy (non-hydrogen) atoms. The Morgan fingerprint density at radius 2 is 1.96 bits per heavy atom. The third-order valence-electron chi connectivity index (χ3n) is 3.84. The average molecular weight is 416 g/mol. The van der Waals surface area contributed by atoms with Crippen molar-refractivity contribution in [1.29, 1.82) is 0 Å². The van der Waals surface area contributed by atoms with E-state index < -0.39 is 0 Å². The van der Waals surface area contributed by atoms with Crippen LogP contribution in [-0.2, 0) is 22.4 Å². The van der Waals surface area contributed by atoms with Crippen molar-refractivity contribution in [2.45, 2.75) is 42.6 Å². The van der Waals surface area contributed by atoms with Gasteiger partial charge in [0.25, 0.3) is 0 Å². The second-order valence-corrected chi connectivity index (χ2v) is 9.53. The second-order valence-electron chi connectivity index (χ2n) is 7.23. The zero-order valence-corrected chi connectivity index (χ0v) is 17.5. The number of thiazole rings is 1. The molecule has 0 aliphatic carbocycles.